The standard InChI is InChI=1S/C13H13FN4O3/c14-9-3-1-2-4-10(9)18-15-11(13(19)20)12(16-18)17-5-7-21-8-6-17/h1-4H,5-8H2,(H,19,20). The Bertz CT molecular complexity index is 667. The van der Waals surface area contributed by atoms with Gasteiger partial charge in [-0.1, -0.05) is 12.1 Å². The van der Waals surface area contributed by atoms with E-state index in [4.69, 9.17) is 4.74 Å². The van der Waals surface area contributed by atoms with Gasteiger partial charge in [0.15, 0.2) is 11.6 Å². The quantitative estimate of drug-likeness (QED) is 0.907. The zero-order chi connectivity index (χ0) is 14.8. The number of aromatic carboxylic acids is 1. The van der Waals surface area contributed by atoms with Crippen molar-refractivity contribution in [1.29, 1.82) is 0 Å². The first-order valence-corrected chi connectivity index (χ1v) is 6.45. The third-order valence-corrected chi connectivity index (χ3v) is 3.18. The lowest BCUT2D eigenvalue weighted by Crippen LogP contribution is -2.37. The summed E-state index contributed by atoms with van der Waals surface area (Å²) in [5.41, 5.74) is -0.0836. The Hall–Kier alpha value is -2.48. The minimum atomic E-state index is -1.20. The second kappa shape index (κ2) is 5.49. The summed E-state index contributed by atoms with van der Waals surface area (Å²) in [5, 5.41) is 17.3. The van der Waals surface area contributed by atoms with Crippen molar-refractivity contribution in [3.05, 3.63) is 35.8 Å². The molecule has 3 rings (SSSR count). The molecular weight excluding hydrogens is 279 g/mol. The number of morpholine rings is 1. The van der Waals surface area contributed by atoms with Gasteiger partial charge in [0, 0.05) is 13.1 Å². The fourth-order valence-corrected chi connectivity index (χ4v) is 2.15. The molecule has 110 valence electrons. The van der Waals surface area contributed by atoms with E-state index in [0.29, 0.717) is 26.3 Å². The van der Waals surface area contributed by atoms with E-state index in [1.54, 1.807) is 17.0 Å². The number of para-hydroxylation sites is 1. The Morgan fingerprint density at radius 3 is 2.62 bits per heavy atom. The second-order valence-electron chi connectivity index (χ2n) is 4.52. The van der Waals surface area contributed by atoms with Gasteiger partial charge < -0.3 is 14.7 Å². The maximum absolute atomic E-state index is 13.8. The van der Waals surface area contributed by atoms with Crippen LogP contribution in [0.5, 0.6) is 0 Å². The summed E-state index contributed by atoms with van der Waals surface area (Å²) < 4.78 is 19.0. The fourth-order valence-electron chi connectivity index (χ4n) is 2.15. The molecule has 0 aliphatic carbocycles. The van der Waals surface area contributed by atoms with Gasteiger partial charge in [-0.2, -0.15) is 0 Å². The summed E-state index contributed by atoms with van der Waals surface area (Å²) in [6.45, 7) is 2.03. The van der Waals surface area contributed by atoms with Crippen molar-refractivity contribution in [2.24, 2.45) is 0 Å². The van der Waals surface area contributed by atoms with Crippen molar-refractivity contribution in [1.82, 2.24) is 15.0 Å². The van der Waals surface area contributed by atoms with E-state index in [-0.39, 0.29) is 17.2 Å². The van der Waals surface area contributed by atoms with Gasteiger partial charge in [0.05, 0.1) is 13.2 Å². The van der Waals surface area contributed by atoms with Crippen LogP contribution in [0.3, 0.4) is 0 Å². The highest BCUT2D eigenvalue weighted by molar-refractivity contribution is 5.91. The van der Waals surface area contributed by atoms with Gasteiger partial charge in [0.25, 0.3) is 0 Å². The molecule has 0 atom stereocenters. The van der Waals surface area contributed by atoms with Gasteiger partial charge in [-0.05, 0) is 12.1 Å². The van der Waals surface area contributed by atoms with Crippen molar-refractivity contribution < 1.29 is 19.0 Å². The van der Waals surface area contributed by atoms with Crippen LogP contribution in [0.1, 0.15) is 10.5 Å². The van der Waals surface area contributed by atoms with E-state index in [0.717, 1.165) is 4.80 Å². The highest BCUT2D eigenvalue weighted by Gasteiger charge is 2.25. The van der Waals surface area contributed by atoms with Crippen molar-refractivity contribution in [2.45, 2.75) is 0 Å². The molecule has 1 aliphatic heterocycles. The van der Waals surface area contributed by atoms with Crippen LogP contribution in [0, 0.1) is 5.82 Å². The van der Waals surface area contributed by atoms with Crippen LogP contribution >= 0.6 is 0 Å². The molecule has 0 saturated carbocycles. The van der Waals surface area contributed by atoms with Crippen molar-refractivity contribution in [3.63, 3.8) is 0 Å². The predicted molar refractivity (Wildman–Crippen MR) is 71.3 cm³/mol. The van der Waals surface area contributed by atoms with Gasteiger partial charge in [-0.15, -0.1) is 15.0 Å². The van der Waals surface area contributed by atoms with E-state index in [2.05, 4.69) is 10.2 Å². The van der Waals surface area contributed by atoms with E-state index in [1.807, 2.05) is 0 Å². The maximum atomic E-state index is 13.8. The van der Waals surface area contributed by atoms with Crippen LogP contribution < -0.4 is 4.90 Å². The molecule has 0 amide bonds. The average Bonchev–Trinajstić information content (AvgIpc) is 2.94. The molecule has 0 radical (unpaired) electrons. The number of anilines is 1. The number of rotatable bonds is 3. The van der Waals surface area contributed by atoms with Crippen LogP contribution in [-0.2, 0) is 4.74 Å². The zero-order valence-electron chi connectivity index (χ0n) is 11.1. The molecule has 1 saturated heterocycles. The SMILES string of the molecule is O=C(O)c1nn(-c2ccccc2F)nc1N1CCOCC1. The predicted octanol–water partition coefficient (Wildman–Crippen LogP) is 0.941. The van der Waals surface area contributed by atoms with E-state index >= 15 is 0 Å². The third-order valence-electron chi connectivity index (χ3n) is 3.18. The monoisotopic (exact) mass is 292 g/mol. The van der Waals surface area contributed by atoms with E-state index in [9.17, 15) is 14.3 Å². The fraction of sp³-hybridized carbons (Fsp3) is 0.308. The highest BCUT2D eigenvalue weighted by atomic mass is 19.1. The number of ether oxygens (including phenoxy) is 1. The van der Waals surface area contributed by atoms with Crippen molar-refractivity contribution in [3.8, 4) is 5.69 Å². The smallest absolute Gasteiger partial charge is 0.360 e. The molecule has 1 aromatic heterocycles. The number of halogens is 1. The number of aromatic nitrogens is 3. The Balaban J connectivity index is 2.04. The van der Waals surface area contributed by atoms with Crippen molar-refractivity contribution in [2.75, 3.05) is 31.2 Å². The van der Waals surface area contributed by atoms with Gasteiger partial charge in [0.1, 0.15) is 5.69 Å². The molecule has 1 N–H and O–H groups in total. The first kappa shape index (κ1) is 13.5. The number of carbonyl (C=O) groups is 1. The van der Waals surface area contributed by atoms with Crippen LogP contribution in [-0.4, -0.2) is 52.4 Å². The van der Waals surface area contributed by atoms with E-state index < -0.39 is 11.8 Å². The van der Waals surface area contributed by atoms with Crippen LogP contribution in [0.2, 0.25) is 0 Å². The van der Waals surface area contributed by atoms with Gasteiger partial charge in [-0.3, -0.25) is 0 Å². The van der Waals surface area contributed by atoms with Crippen molar-refractivity contribution >= 4 is 11.8 Å². The molecule has 1 fully saturated rings. The Morgan fingerprint density at radius 2 is 1.95 bits per heavy atom. The molecule has 2 heterocycles. The topological polar surface area (TPSA) is 80.5 Å². The summed E-state index contributed by atoms with van der Waals surface area (Å²) in [6, 6.07) is 5.94. The number of nitrogens with zero attached hydrogens (tertiary/aromatic N) is 4. The first-order valence-electron chi connectivity index (χ1n) is 6.45. The van der Waals surface area contributed by atoms with Crippen LogP contribution in [0.4, 0.5) is 10.2 Å². The number of carboxylic acids is 1. The lowest BCUT2D eigenvalue weighted by Gasteiger charge is -2.26. The largest absolute Gasteiger partial charge is 0.476 e. The molecule has 7 nitrogen and oxygen atoms in total. The van der Waals surface area contributed by atoms with Crippen LogP contribution in [0.15, 0.2) is 24.3 Å². The molecule has 1 aliphatic rings. The minimum Gasteiger partial charge on any atom is -0.476 e. The summed E-state index contributed by atoms with van der Waals surface area (Å²) in [5.74, 6) is -1.48. The molecule has 0 bridgehead atoms. The summed E-state index contributed by atoms with van der Waals surface area (Å²) in [4.78, 5) is 14.1. The Kier molecular flexibility index (Phi) is 3.53. The molecule has 2 aromatic rings. The van der Waals surface area contributed by atoms with Crippen LogP contribution in [0.25, 0.3) is 5.69 Å². The lowest BCUT2D eigenvalue weighted by atomic mass is 10.3. The molecule has 1 aromatic carbocycles. The summed E-state index contributed by atoms with van der Waals surface area (Å²) in [7, 11) is 0. The maximum Gasteiger partial charge on any atom is 0.360 e. The lowest BCUT2D eigenvalue weighted by molar-refractivity contribution is 0.0689. The number of hydrogen-bond acceptors (Lipinski definition) is 5. The summed E-state index contributed by atoms with van der Waals surface area (Å²) >= 11 is 0. The minimum absolute atomic E-state index is 0.111. The first-order chi connectivity index (χ1) is 10.2. The average molecular weight is 292 g/mol. The summed E-state index contributed by atoms with van der Waals surface area (Å²) in [6.07, 6.45) is 0. The number of carboxylic acid groups (broad SMARTS) is 1. The normalized spacial score (nSPS) is 15.2. The Morgan fingerprint density at radius 1 is 1.24 bits per heavy atom. The molecule has 21 heavy (non-hydrogen) atoms. The number of benzene rings is 1. The second-order valence-corrected chi connectivity index (χ2v) is 4.52. The number of hydrogen-bond donors (Lipinski definition) is 1. The Labute approximate surface area is 119 Å². The highest BCUT2D eigenvalue weighted by Crippen LogP contribution is 2.20. The van der Waals surface area contributed by atoms with E-state index in [1.165, 1.54) is 12.1 Å². The van der Waals surface area contributed by atoms with Gasteiger partial charge >= 0.3 is 5.97 Å². The van der Waals surface area contributed by atoms with Gasteiger partial charge in [0.2, 0.25) is 5.69 Å². The zero-order valence-corrected chi connectivity index (χ0v) is 11.1. The van der Waals surface area contributed by atoms with Gasteiger partial charge in [-0.25, -0.2) is 9.18 Å². The molecule has 0 unspecified atom stereocenters. The molecular formula is C13H13FN4O3. The molecule has 0 spiro atoms. The molecule has 8 heteroatoms. The third kappa shape index (κ3) is 2.57.